The van der Waals surface area contributed by atoms with Crippen LogP contribution in [0.2, 0.25) is 0 Å². The first-order valence-electron chi connectivity index (χ1n) is 3.51. The highest BCUT2D eigenvalue weighted by Crippen LogP contribution is 2.30. The minimum absolute atomic E-state index is 0.0417. The van der Waals surface area contributed by atoms with Crippen LogP contribution < -0.4 is 22.9 Å². The van der Waals surface area contributed by atoms with E-state index in [0.717, 1.165) is 0 Å². The largest absolute Gasteiger partial charge is 0.368 e. The Morgan fingerprint density at radius 1 is 1.00 bits per heavy atom. The van der Waals surface area contributed by atoms with Crippen molar-refractivity contribution in [3.8, 4) is 0 Å². The van der Waals surface area contributed by atoms with Gasteiger partial charge in [-0.2, -0.15) is 15.0 Å². The molecule has 10 nitrogen and oxygen atoms in total. The Morgan fingerprint density at radius 2 is 1.20 bits per heavy atom. The number of anilines is 3. The van der Waals surface area contributed by atoms with Crippen LogP contribution in [0.25, 0.3) is 0 Å². The highest BCUT2D eigenvalue weighted by molar-refractivity contribution is 7.51. The lowest BCUT2D eigenvalue weighted by molar-refractivity contribution is 0.374. The van der Waals surface area contributed by atoms with Crippen LogP contribution >= 0.6 is 7.60 Å². The number of hydrogen-bond acceptors (Lipinski definition) is 8. The highest BCUT2D eigenvalue weighted by Gasteiger charge is 2.05. The molecule has 0 aliphatic rings. The van der Waals surface area contributed by atoms with Crippen LogP contribution in [0.1, 0.15) is 0 Å². The lowest BCUT2D eigenvalue weighted by Gasteiger charge is -1.93. The van der Waals surface area contributed by atoms with Crippen molar-refractivity contribution in [1.82, 2.24) is 15.0 Å². The zero-order chi connectivity index (χ0) is 12.1. The van der Waals surface area contributed by atoms with Crippen LogP contribution in [0.4, 0.5) is 17.8 Å². The number of aromatic nitrogens is 3. The van der Waals surface area contributed by atoms with E-state index in [2.05, 4.69) is 20.7 Å². The molecule has 1 aromatic rings. The van der Waals surface area contributed by atoms with Crippen molar-refractivity contribution in [1.29, 1.82) is 0 Å². The standard InChI is InChI=1S/C3H6N6.CH6NO3P/c4-1-7-2(5)9-3(6)8-1;2-1-6(3,4)5/h(H6,4,5,6,7,8,9);1-2H2,(H2,3,4,5). The SMILES string of the molecule is NCP(=O)(O)O.Nc1nc(N)nc(N)n1. The van der Waals surface area contributed by atoms with Gasteiger partial charge in [-0.3, -0.25) is 4.57 Å². The fraction of sp³-hybridized carbons (Fsp3) is 0.250. The van der Waals surface area contributed by atoms with E-state index >= 15 is 0 Å². The third-order valence-electron chi connectivity index (χ3n) is 0.925. The van der Waals surface area contributed by atoms with E-state index in [0.29, 0.717) is 0 Å². The molecule has 0 unspecified atom stereocenters. The Hall–Kier alpha value is -1.48. The van der Waals surface area contributed by atoms with Gasteiger partial charge in [0.15, 0.2) is 0 Å². The fourth-order valence-electron chi connectivity index (χ4n) is 0.427. The van der Waals surface area contributed by atoms with Gasteiger partial charge in [-0.1, -0.05) is 0 Å². The second-order valence-electron chi connectivity index (χ2n) is 2.26. The Labute approximate surface area is 84.9 Å². The van der Waals surface area contributed by atoms with Gasteiger partial charge in [0.1, 0.15) is 0 Å². The minimum atomic E-state index is -3.87. The molecule has 15 heavy (non-hydrogen) atoms. The molecule has 1 rings (SSSR count). The van der Waals surface area contributed by atoms with Crippen molar-refractivity contribution < 1.29 is 14.4 Å². The summed E-state index contributed by atoms with van der Waals surface area (Å²) >= 11 is 0. The number of nitrogens with zero attached hydrogens (tertiary/aromatic N) is 3. The molecule has 0 radical (unpaired) electrons. The molecule has 1 aromatic heterocycles. The van der Waals surface area contributed by atoms with Gasteiger partial charge in [0, 0.05) is 0 Å². The molecule has 86 valence electrons. The van der Waals surface area contributed by atoms with Crippen molar-refractivity contribution in [2.24, 2.45) is 5.73 Å². The zero-order valence-electron chi connectivity index (χ0n) is 7.61. The van der Waals surface area contributed by atoms with Gasteiger partial charge in [0.05, 0.1) is 6.29 Å². The summed E-state index contributed by atoms with van der Waals surface area (Å²) in [5.41, 5.74) is 20.0. The fourth-order valence-corrected chi connectivity index (χ4v) is 0.427. The van der Waals surface area contributed by atoms with Gasteiger partial charge in [0.25, 0.3) is 0 Å². The highest BCUT2D eigenvalue weighted by atomic mass is 31.2. The van der Waals surface area contributed by atoms with Crippen LogP contribution in [-0.4, -0.2) is 31.0 Å². The maximum Gasteiger partial charge on any atom is 0.338 e. The summed E-state index contributed by atoms with van der Waals surface area (Å²) in [6, 6.07) is 0. The van der Waals surface area contributed by atoms with Gasteiger partial charge in [-0.25, -0.2) is 0 Å². The van der Waals surface area contributed by atoms with Crippen LogP contribution in [0.15, 0.2) is 0 Å². The zero-order valence-corrected chi connectivity index (χ0v) is 8.50. The summed E-state index contributed by atoms with van der Waals surface area (Å²) in [6.07, 6.45) is -0.562. The van der Waals surface area contributed by atoms with Gasteiger partial charge in [0.2, 0.25) is 17.8 Å². The average molecular weight is 237 g/mol. The Balaban J connectivity index is 0.000000288. The van der Waals surface area contributed by atoms with E-state index in [4.69, 9.17) is 27.0 Å². The lowest BCUT2D eigenvalue weighted by Crippen LogP contribution is -2.05. The van der Waals surface area contributed by atoms with Crippen LogP contribution in [0, 0.1) is 0 Å². The average Bonchev–Trinajstić information content (AvgIpc) is 2.01. The molecule has 0 amide bonds. The summed E-state index contributed by atoms with van der Waals surface area (Å²) in [6.45, 7) is 0. The van der Waals surface area contributed by atoms with Gasteiger partial charge >= 0.3 is 7.60 Å². The summed E-state index contributed by atoms with van der Waals surface area (Å²) in [7, 11) is -3.87. The van der Waals surface area contributed by atoms with Crippen molar-refractivity contribution in [3.05, 3.63) is 0 Å². The van der Waals surface area contributed by atoms with E-state index < -0.39 is 13.9 Å². The maximum atomic E-state index is 9.57. The summed E-state index contributed by atoms with van der Waals surface area (Å²) in [5, 5.41) is 0. The summed E-state index contributed by atoms with van der Waals surface area (Å²) in [5.74, 6) is 0.125. The van der Waals surface area contributed by atoms with Gasteiger partial charge in [-0.05, 0) is 0 Å². The van der Waals surface area contributed by atoms with Crippen molar-refractivity contribution >= 4 is 25.4 Å². The quantitative estimate of drug-likeness (QED) is 0.288. The summed E-state index contributed by atoms with van der Waals surface area (Å²) in [4.78, 5) is 26.1. The number of nitrogens with two attached hydrogens (primary N) is 4. The van der Waals surface area contributed by atoms with Crippen LogP contribution in [-0.2, 0) is 4.57 Å². The van der Waals surface area contributed by atoms with Crippen LogP contribution in [0.5, 0.6) is 0 Å². The Bertz CT molecular complexity index is 315. The van der Waals surface area contributed by atoms with Crippen molar-refractivity contribution in [3.63, 3.8) is 0 Å². The first kappa shape index (κ1) is 13.5. The molecule has 0 spiro atoms. The number of nitrogen functional groups attached to an aromatic ring is 3. The molecule has 0 aliphatic heterocycles. The van der Waals surface area contributed by atoms with Gasteiger partial charge < -0.3 is 32.7 Å². The molecule has 0 saturated heterocycles. The number of hydrogen-bond donors (Lipinski definition) is 6. The molecule has 0 aromatic carbocycles. The predicted molar refractivity (Wildman–Crippen MR) is 54.2 cm³/mol. The molecule has 0 fully saturated rings. The van der Waals surface area contributed by atoms with E-state index in [9.17, 15) is 4.57 Å². The molecular formula is C4H12N7O3P. The predicted octanol–water partition coefficient (Wildman–Crippen LogP) is -2.30. The third kappa shape index (κ3) is 7.58. The lowest BCUT2D eigenvalue weighted by atomic mass is 10.9. The summed E-state index contributed by atoms with van der Waals surface area (Å²) < 4.78 is 9.57. The molecule has 0 atom stereocenters. The monoisotopic (exact) mass is 237 g/mol. The minimum Gasteiger partial charge on any atom is -0.368 e. The maximum absolute atomic E-state index is 9.57. The third-order valence-corrected chi connectivity index (χ3v) is 1.40. The molecule has 0 saturated carbocycles. The molecule has 11 heteroatoms. The Kier molecular flexibility index (Phi) is 4.88. The van der Waals surface area contributed by atoms with Crippen LogP contribution in [0.3, 0.4) is 0 Å². The molecule has 1 heterocycles. The number of rotatable bonds is 1. The van der Waals surface area contributed by atoms with E-state index in [1.165, 1.54) is 0 Å². The molecule has 10 N–H and O–H groups in total. The van der Waals surface area contributed by atoms with E-state index in [-0.39, 0.29) is 17.8 Å². The molecule has 0 aliphatic carbocycles. The first-order chi connectivity index (χ1) is 6.74. The first-order valence-corrected chi connectivity index (χ1v) is 5.31. The molecular weight excluding hydrogens is 225 g/mol. The van der Waals surface area contributed by atoms with E-state index in [1.54, 1.807) is 0 Å². The second kappa shape index (κ2) is 5.41. The Morgan fingerprint density at radius 3 is 1.33 bits per heavy atom. The normalized spacial score (nSPS) is 10.3. The second-order valence-corrected chi connectivity index (χ2v) is 3.95. The smallest absolute Gasteiger partial charge is 0.338 e. The topological polar surface area (TPSA) is 200 Å². The van der Waals surface area contributed by atoms with Gasteiger partial charge in [-0.15, -0.1) is 0 Å². The molecule has 0 bridgehead atoms. The van der Waals surface area contributed by atoms with Crippen molar-refractivity contribution in [2.75, 3.05) is 23.5 Å². The van der Waals surface area contributed by atoms with Crippen molar-refractivity contribution in [2.45, 2.75) is 0 Å². The van der Waals surface area contributed by atoms with E-state index in [1.807, 2.05) is 0 Å².